The highest BCUT2D eigenvalue weighted by Gasteiger charge is 2.29. The van der Waals surface area contributed by atoms with Gasteiger partial charge in [-0.25, -0.2) is 0 Å². The molecular weight excluding hydrogens is 200 g/mol. The lowest BCUT2D eigenvalue weighted by Crippen LogP contribution is -2.46. The average molecular weight is 228 g/mol. The van der Waals surface area contributed by atoms with Gasteiger partial charge in [0.25, 0.3) is 0 Å². The Morgan fingerprint density at radius 2 is 1.88 bits per heavy atom. The summed E-state index contributed by atoms with van der Waals surface area (Å²) >= 11 is 0. The van der Waals surface area contributed by atoms with Crippen molar-refractivity contribution in [3.05, 3.63) is 0 Å². The van der Waals surface area contributed by atoms with E-state index in [-0.39, 0.29) is 0 Å². The molecule has 0 saturated heterocycles. The normalized spacial score (nSPS) is 32.6. The molecule has 0 aromatic carbocycles. The molecule has 3 unspecified atom stereocenters. The minimum absolute atomic E-state index is 0.330. The molecule has 0 heterocycles. The van der Waals surface area contributed by atoms with Crippen molar-refractivity contribution in [2.75, 3.05) is 13.2 Å². The van der Waals surface area contributed by atoms with Crippen LogP contribution in [0.1, 0.15) is 46.5 Å². The standard InChI is InChI=1S/C13H28N2O/c1-4-5-16-9-13(15-14)12-7-10(2)6-11(3)8-12/h10-13,15H,4-9,14H2,1-3H3. The molecule has 0 aliphatic heterocycles. The minimum Gasteiger partial charge on any atom is -0.380 e. The summed E-state index contributed by atoms with van der Waals surface area (Å²) in [6.07, 6.45) is 5.02. The second kappa shape index (κ2) is 7.25. The molecule has 3 N–H and O–H groups in total. The van der Waals surface area contributed by atoms with Crippen molar-refractivity contribution in [2.24, 2.45) is 23.6 Å². The SMILES string of the molecule is CCCOCC(NN)C1CC(C)CC(C)C1. The number of nitrogens with one attached hydrogen (secondary N) is 1. The molecule has 0 spiro atoms. The fourth-order valence-electron chi connectivity index (χ4n) is 3.01. The molecule has 96 valence electrons. The third-order valence-electron chi connectivity index (χ3n) is 3.64. The first kappa shape index (κ1) is 13.9. The molecule has 1 rings (SSSR count). The van der Waals surface area contributed by atoms with Gasteiger partial charge in [-0.15, -0.1) is 0 Å². The Bertz CT molecular complexity index is 177. The Labute approximate surface area is 100 Å². The highest BCUT2D eigenvalue weighted by atomic mass is 16.5. The van der Waals surface area contributed by atoms with E-state index in [4.69, 9.17) is 10.6 Å². The zero-order chi connectivity index (χ0) is 12.0. The summed E-state index contributed by atoms with van der Waals surface area (Å²) in [6.45, 7) is 8.44. The van der Waals surface area contributed by atoms with Gasteiger partial charge in [0.05, 0.1) is 6.61 Å². The molecule has 0 amide bonds. The first-order valence-corrected chi connectivity index (χ1v) is 6.71. The number of rotatable bonds is 6. The van der Waals surface area contributed by atoms with Crippen LogP contribution in [0.2, 0.25) is 0 Å². The van der Waals surface area contributed by atoms with E-state index in [1.807, 2.05) is 0 Å². The molecule has 0 aromatic heterocycles. The summed E-state index contributed by atoms with van der Waals surface area (Å²) in [5.74, 6) is 7.99. The van der Waals surface area contributed by atoms with E-state index in [1.165, 1.54) is 19.3 Å². The third kappa shape index (κ3) is 4.40. The monoisotopic (exact) mass is 228 g/mol. The fourth-order valence-corrected chi connectivity index (χ4v) is 3.01. The lowest BCUT2D eigenvalue weighted by molar-refractivity contribution is 0.0708. The van der Waals surface area contributed by atoms with Crippen molar-refractivity contribution in [1.29, 1.82) is 0 Å². The number of hydrazine groups is 1. The molecule has 3 atom stereocenters. The molecule has 0 bridgehead atoms. The van der Waals surface area contributed by atoms with E-state index >= 15 is 0 Å². The summed E-state index contributed by atoms with van der Waals surface area (Å²) in [7, 11) is 0. The van der Waals surface area contributed by atoms with Gasteiger partial charge in [0, 0.05) is 12.6 Å². The van der Waals surface area contributed by atoms with Gasteiger partial charge in [-0.05, 0) is 43.4 Å². The summed E-state index contributed by atoms with van der Waals surface area (Å²) in [5, 5.41) is 0. The van der Waals surface area contributed by atoms with Crippen LogP contribution in [-0.2, 0) is 4.74 Å². The number of ether oxygens (including phenoxy) is 1. The molecular formula is C13H28N2O. The van der Waals surface area contributed by atoms with Crippen molar-refractivity contribution in [3.8, 4) is 0 Å². The number of nitrogens with two attached hydrogens (primary N) is 1. The number of hydrogen-bond donors (Lipinski definition) is 2. The van der Waals surface area contributed by atoms with Crippen LogP contribution in [0.5, 0.6) is 0 Å². The Morgan fingerprint density at radius 1 is 1.25 bits per heavy atom. The quantitative estimate of drug-likeness (QED) is 0.417. The van der Waals surface area contributed by atoms with Crippen LogP contribution < -0.4 is 11.3 Å². The van der Waals surface area contributed by atoms with E-state index < -0.39 is 0 Å². The molecule has 3 nitrogen and oxygen atoms in total. The van der Waals surface area contributed by atoms with Crippen molar-refractivity contribution in [3.63, 3.8) is 0 Å². The van der Waals surface area contributed by atoms with E-state index in [0.29, 0.717) is 12.0 Å². The van der Waals surface area contributed by atoms with E-state index in [0.717, 1.165) is 31.5 Å². The highest BCUT2D eigenvalue weighted by Crippen LogP contribution is 2.34. The van der Waals surface area contributed by atoms with Gasteiger partial charge in [0.2, 0.25) is 0 Å². The second-order valence-electron chi connectivity index (χ2n) is 5.53. The van der Waals surface area contributed by atoms with E-state index in [2.05, 4.69) is 26.2 Å². The maximum absolute atomic E-state index is 5.65. The average Bonchev–Trinajstić information content (AvgIpc) is 2.23. The maximum Gasteiger partial charge on any atom is 0.0635 e. The lowest BCUT2D eigenvalue weighted by atomic mass is 9.74. The van der Waals surface area contributed by atoms with Gasteiger partial charge < -0.3 is 4.74 Å². The van der Waals surface area contributed by atoms with Crippen molar-refractivity contribution in [1.82, 2.24) is 5.43 Å². The largest absolute Gasteiger partial charge is 0.380 e. The zero-order valence-electron chi connectivity index (χ0n) is 11.0. The first-order chi connectivity index (χ1) is 7.67. The molecule has 0 radical (unpaired) electrons. The van der Waals surface area contributed by atoms with Gasteiger partial charge >= 0.3 is 0 Å². The summed E-state index contributed by atoms with van der Waals surface area (Å²) < 4.78 is 5.62. The fraction of sp³-hybridized carbons (Fsp3) is 1.00. The van der Waals surface area contributed by atoms with Gasteiger partial charge in [-0.3, -0.25) is 11.3 Å². The van der Waals surface area contributed by atoms with Crippen molar-refractivity contribution >= 4 is 0 Å². The second-order valence-corrected chi connectivity index (χ2v) is 5.53. The van der Waals surface area contributed by atoms with Crippen LogP contribution in [0.15, 0.2) is 0 Å². The van der Waals surface area contributed by atoms with Crippen LogP contribution in [0, 0.1) is 17.8 Å². The predicted octanol–water partition coefficient (Wildman–Crippen LogP) is 2.32. The molecule has 16 heavy (non-hydrogen) atoms. The van der Waals surface area contributed by atoms with Crippen LogP contribution in [0.25, 0.3) is 0 Å². The van der Waals surface area contributed by atoms with E-state index in [9.17, 15) is 0 Å². The van der Waals surface area contributed by atoms with Gasteiger partial charge in [-0.1, -0.05) is 20.8 Å². The van der Waals surface area contributed by atoms with Gasteiger partial charge in [0.1, 0.15) is 0 Å². The number of hydrogen-bond acceptors (Lipinski definition) is 3. The molecule has 1 aliphatic carbocycles. The Hall–Kier alpha value is -0.120. The Morgan fingerprint density at radius 3 is 2.38 bits per heavy atom. The van der Waals surface area contributed by atoms with Crippen LogP contribution in [0.3, 0.4) is 0 Å². The third-order valence-corrected chi connectivity index (χ3v) is 3.64. The lowest BCUT2D eigenvalue weighted by Gasteiger charge is -2.36. The first-order valence-electron chi connectivity index (χ1n) is 6.71. The van der Waals surface area contributed by atoms with Gasteiger partial charge in [-0.2, -0.15) is 0 Å². The molecule has 3 heteroatoms. The topological polar surface area (TPSA) is 47.3 Å². The minimum atomic E-state index is 0.330. The highest BCUT2D eigenvalue weighted by molar-refractivity contribution is 4.82. The van der Waals surface area contributed by atoms with Crippen molar-refractivity contribution in [2.45, 2.75) is 52.5 Å². The van der Waals surface area contributed by atoms with E-state index in [1.54, 1.807) is 0 Å². The van der Waals surface area contributed by atoms with Crippen LogP contribution in [0.4, 0.5) is 0 Å². The maximum atomic E-state index is 5.65. The molecule has 1 aliphatic rings. The summed E-state index contributed by atoms with van der Waals surface area (Å²) in [6, 6.07) is 0.330. The van der Waals surface area contributed by atoms with Gasteiger partial charge in [0.15, 0.2) is 0 Å². The zero-order valence-corrected chi connectivity index (χ0v) is 11.0. The predicted molar refractivity (Wildman–Crippen MR) is 67.9 cm³/mol. The molecule has 0 aromatic rings. The Kier molecular flexibility index (Phi) is 6.32. The Balaban J connectivity index is 2.38. The van der Waals surface area contributed by atoms with Crippen molar-refractivity contribution < 1.29 is 4.74 Å². The summed E-state index contributed by atoms with van der Waals surface area (Å²) in [4.78, 5) is 0. The van der Waals surface area contributed by atoms with Crippen LogP contribution in [-0.4, -0.2) is 19.3 Å². The smallest absolute Gasteiger partial charge is 0.0635 e. The molecule has 1 saturated carbocycles. The molecule has 1 fully saturated rings. The summed E-state index contributed by atoms with van der Waals surface area (Å²) in [5.41, 5.74) is 2.95. The van der Waals surface area contributed by atoms with Crippen LogP contribution >= 0.6 is 0 Å².